The zero-order valence-corrected chi connectivity index (χ0v) is 31.3. The minimum Gasteiger partial charge on any atom is -0.309 e. The molecule has 57 heavy (non-hydrogen) atoms. The minimum absolute atomic E-state index is 0.725. The molecular formula is C53H36N4. The van der Waals surface area contributed by atoms with Crippen molar-refractivity contribution in [3.63, 3.8) is 0 Å². The van der Waals surface area contributed by atoms with Crippen molar-refractivity contribution in [3.05, 3.63) is 206 Å². The number of hydrogen-bond acceptors (Lipinski definition) is 2. The van der Waals surface area contributed by atoms with E-state index in [0.717, 1.165) is 56.4 Å². The van der Waals surface area contributed by atoms with Crippen molar-refractivity contribution in [2.45, 2.75) is 6.92 Å². The fraction of sp³-hybridized carbons (Fsp3) is 0.0189. The fourth-order valence-electron chi connectivity index (χ4n) is 8.48. The van der Waals surface area contributed by atoms with Crippen LogP contribution in [0.5, 0.6) is 0 Å². The number of hydrogen-bond donors (Lipinski definition) is 0. The molecule has 0 saturated heterocycles. The molecule has 11 rings (SSSR count). The molecule has 0 spiro atoms. The molecule has 0 unspecified atom stereocenters. The van der Waals surface area contributed by atoms with E-state index >= 15 is 0 Å². The second kappa shape index (κ2) is 13.3. The van der Waals surface area contributed by atoms with Crippen LogP contribution in [0.2, 0.25) is 0 Å². The van der Waals surface area contributed by atoms with Gasteiger partial charge in [0.1, 0.15) is 0 Å². The summed E-state index contributed by atoms with van der Waals surface area (Å²) in [6.07, 6.45) is 0. The Morgan fingerprint density at radius 2 is 0.772 bits per heavy atom. The summed E-state index contributed by atoms with van der Waals surface area (Å²) in [6.45, 7) is 2.10. The van der Waals surface area contributed by atoms with Crippen molar-refractivity contribution in [2.75, 3.05) is 0 Å². The number of para-hydroxylation sites is 3. The van der Waals surface area contributed by atoms with Gasteiger partial charge in [0.15, 0.2) is 5.82 Å². The van der Waals surface area contributed by atoms with Crippen LogP contribution in [0.1, 0.15) is 5.56 Å². The van der Waals surface area contributed by atoms with E-state index in [9.17, 15) is 0 Å². The normalized spacial score (nSPS) is 11.6. The highest BCUT2D eigenvalue weighted by Gasteiger charge is 2.17. The maximum atomic E-state index is 5.06. The van der Waals surface area contributed by atoms with Crippen LogP contribution in [-0.4, -0.2) is 19.1 Å². The van der Waals surface area contributed by atoms with E-state index < -0.39 is 0 Å². The Morgan fingerprint density at radius 1 is 0.316 bits per heavy atom. The predicted molar refractivity (Wildman–Crippen MR) is 237 cm³/mol. The summed E-state index contributed by atoms with van der Waals surface area (Å²) in [4.78, 5) is 10.1. The largest absolute Gasteiger partial charge is 0.309 e. The van der Waals surface area contributed by atoms with Crippen molar-refractivity contribution in [1.82, 2.24) is 19.1 Å². The lowest BCUT2D eigenvalue weighted by Crippen LogP contribution is -1.96. The van der Waals surface area contributed by atoms with Gasteiger partial charge in [0, 0.05) is 49.6 Å². The highest BCUT2D eigenvalue weighted by Crippen LogP contribution is 2.37. The quantitative estimate of drug-likeness (QED) is 0.171. The molecule has 3 heterocycles. The first-order valence-electron chi connectivity index (χ1n) is 19.4. The number of benzene rings is 8. The second-order valence-corrected chi connectivity index (χ2v) is 14.7. The van der Waals surface area contributed by atoms with E-state index in [2.05, 4.69) is 210 Å². The van der Waals surface area contributed by atoms with Crippen LogP contribution < -0.4 is 0 Å². The van der Waals surface area contributed by atoms with Gasteiger partial charge in [-0.3, -0.25) is 0 Å². The molecule has 0 aliphatic carbocycles. The molecule has 0 saturated carbocycles. The standard InChI is InChI=1S/C53H36N4/c1-35-12-11-15-40(32-35)53-54-47(38-13-3-2-4-14-38)34-48(55-53)39-24-22-36(23-25-39)37-26-28-41(29-27-37)56-51-21-10-7-18-45(51)46-33-42(30-31-52(46)56)57-49-19-8-5-16-43(49)44-17-6-9-20-50(44)57/h2-34H,1H3. The molecule has 0 atom stereocenters. The monoisotopic (exact) mass is 728 g/mol. The maximum Gasteiger partial charge on any atom is 0.160 e. The molecule has 268 valence electrons. The Balaban J connectivity index is 0.952. The summed E-state index contributed by atoms with van der Waals surface area (Å²) >= 11 is 0. The average Bonchev–Trinajstić information content (AvgIpc) is 3.79. The summed E-state index contributed by atoms with van der Waals surface area (Å²) in [7, 11) is 0. The summed E-state index contributed by atoms with van der Waals surface area (Å²) in [6, 6.07) is 71.5. The van der Waals surface area contributed by atoms with Gasteiger partial charge in [0.25, 0.3) is 0 Å². The summed E-state index contributed by atoms with van der Waals surface area (Å²) in [5.41, 5.74) is 15.5. The third kappa shape index (κ3) is 5.61. The molecule has 0 radical (unpaired) electrons. The average molecular weight is 729 g/mol. The van der Waals surface area contributed by atoms with Crippen molar-refractivity contribution >= 4 is 43.6 Å². The van der Waals surface area contributed by atoms with Gasteiger partial charge in [0.2, 0.25) is 0 Å². The molecule has 8 aromatic carbocycles. The number of nitrogens with zero attached hydrogens (tertiary/aromatic N) is 4. The van der Waals surface area contributed by atoms with E-state index in [-0.39, 0.29) is 0 Å². The molecule has 0 aliphatic rings. The maximum absolute atomic E-state index is 5.06. The van der Waals surface area contributed by atoms with Gasteiger partial charge in [0.05, 0.1) is 33.5 Å². The summed E-state index contributed by atoms with van der Waals surface area (Å²) in [5, 5.41) is 5.00. The number of aromatic nitrogens is 4. The van der Waals surface area contributed by atoms with E-state index in [1.807, 2.05) is 6.07 Å². The second-order valence-electron chi connectivity index (χ2n) is 14.7. The van der Waals surface area contributed by atoms with E-state index in [0.29, 0.717) is 0 Å². The molecule has 0 aliphatic heterocycles. The number of aryl methyl sites for hydroxylation is 1. The van der Waals surface area contributed by atoms with Crippen LogP contribution in [0.25, 0.3) is 100 Å². The Hall–Kier alpha value is -7.56. The van der Waals surface area contributed by atoms with Gasteiger partial charge in [-0.1, -0.05) is 145 Å². The number of rotatable bonds is 6. The summed E-state index contributed by atoms with van der Waals surface area (Å²) < 4.78 is 4.78. The predicted octanol–water partition coefficient (Wildman–Crippen LogP) is 13.6. The molecule has 3 aromatic heterocycles. The zero-order chi connectivity index (χ0) is 37.9. The van der Waals surface area contributed by atoms with Crippen LogP contribution in [0.3, 0.4) is 0 Å². The van der Waals surface area contributed by atoms with Gasteiger partial charge in [-0.05, 0) is 78.7 Å². The molecule has 0 bridgehead atoms. The lowest BCUT2D eigenvalue weighted by Gasteiger charge is -2.12. The van der Waals surface area contributed by atoms with Gasteiger partial charge in [-0.15, -0.1) is 0 Å². The van der Waals surface area contributed by atoms with Gasteiger partial charge < -0.3 is 9.13 Å². The third-order valence-electron chi connectivity index (χ3n) is 11.2. The van der Waals surface area contributed by atoms with Gasteiger partial charge in [-0.25, -0.2) is 9.97 Å². The first-order chi connectivity index (χ1) is 28.2. The minimum atomic E-state index is 0.725. The van der Waals surface area contributed by atoms with Crippen molar-refractivity contribution in [3.8, 4) is 56.4 Å². The molecule has 0 N–H and O–H groups in total. The number of fused-ring (bicyclic) bond motifs is 6. The lowest BCUT2D eigenvalue weighted by molar-refractivity contribution is 1.17. The zero-order valence-electron chi connectivity index (χ0n) is 31.3. The molecule has 4 heteroatoms. The highest BCUT2D eigenvalue weighted by atomic mass is 15.0. The smallest absolute Gasteiger partial charge is 0.160 e. The molecule has 0 fully saturated rings. The Morgan fingerprint density at radius 3 is 1.39 bits per heavy atom. The fourth-order valence-corrected chi connectivity index (χ4v) is 8.48. The van der Waals surface area contributed by atoms with Crippen molar-refractivity contribution < 1.29 is 0 Å². The first-order valence-corrected chi connectivity index (χ1v) is 19.4. The van der Waals surface area contributed by atoms with Crippen LogP contribution >= 0.6 is 0 Å². The molecule has 4 nitrogen and oxygen atoms in total. The summed E-state index contributed by atoms with van der Waals surface area (Å²) in [5.74, 6) is 0.725. The van der Waals surface area contributed by atoms with Gasteiger partial charge in [-0.2, -0.15) is 0 Å². The molecule has 11 aromatic rings. The topological polar surface area (TPSA) is 35.6 Å². The van der Waals surface area contributed by atoms with Crippen molar-refractivity contribution in [1.29, 1.82) is 0 Å². The van der Waals surface area contributed by atoms with Gasteiger partial charge >= 0.3 is 0 Å². The SMILES string of the molecule is Cc1cccc(-c2nc(-c3ccccc3)cc(-c3ccc(-c4ccc(-n5c6ccccc6c6cc(-n7c8ccccc8c8ccccc87)ccc65)cc4)cc3)n2)c1. The molecule has 0 amide bonds. The Labute approximate surface area is 330 Å². The molecular weight excluding hydrogens is 693 g/mol. The Bertz CT molecular complexity index is 3230. The van der Waals surface area contributed by atoms with Crippen LogP contribution in [0, 0.1) is 6.92 Å². The van der Waals surface area contributed by atoms with Crippen LogP contribution in [0.4, 0.5) is 0 Å². The van der Waals surface area contributed by atoms with Crippen LogP contribution in [-0.2, 0) is 0 Å². The van der Waals surface area contributed by atoms with Crippen molar-refractivity contribution in [2.24, 2.45) is 0 Å². The van der Waals surface area contributed by atoms with E-state index in [1.165, 1.54) is 49.2 Å². The first kappa shape index (κ1) is 32.8. The van der Waals surface area contributed by atoms with E-state index in [4.69, 9.17) is 9.97 Å². The Kier molecular flexibility index (Phi) is 7.68. The lowest BCUT2D eigenvalue weighted by atomic mass is 10.0. The van der Waals surface area contributed by atoms with E-state index in [1.54, 1.807) is 0 Å². The van der Waals surface area contributed by atoms with Crippen LogP contribution in [0.15, 0.2) is 200 Å². The third-order valence-corrected chi connectivity index (χ3v) is 11.2. The highest BCUT2D eigenvalue weighted by molar-refractivity contribution is 6.12.